The fourth-order valence-electron chi connectivity index (χ4n) is 7.47. The van der Waals surface area contributed by atoms with E-state index < -0.39 is 0 Å². The molecule has 51 heavy (non-hydrogen) atoms. The van der Waals surface area contributed by atoms with Crippen LogP contribution in [-0.4, -0.2) is 0 Å². The smallest absolute Gasteiger partial charge is 0.0346 e. The van der Waals surface area contributed by atoms with Gasteiger partial charge in [0.15, 0.2) is 0 Å². The normalized spacial score (nSPS) is 11.3. The summed E-state index contributed by atoms with van der Waals surface area (Å²) in [6.45, 7) is 4.54. The first kappa shape index (κ1) is 40.3. The van der Waals surface area contributed by atoms with Crippen LogP contribution in [0.15, 0.2) is 84.9 Å². The maximum atomic E-state index is 6.31. The van der Waals surface area contributed by atoms with Crippen LogP contribution in [0.3, 0.4) is 0 Å². The highest BCUT2D eigenvalue weighted by molar-refractivity contribution is 5.50. The third-order valence-corrected chi connectivity index (χ3v) is 10.8. The Hall–Kier alpha value is -3.52. The zero-order valence-corrected chi connectivity index (χ0v) is 32.5. The molecule has 4 N–H and O–H groups in total. The second-order valence-electron chi connectivity index (χ2n) is 15.4. The van der Waals surface area contributed by atoms with Gasteiger partial charge >= 0.3 is 0 Å². The average molecular weight is 687 g/mol. The van der Waals surface area contributed by atoms with E-state index in [0.29, 0.717) is 0 Å². The van der Waals surface area contributed by atoms with E-state index in [4.69, 9.17) is 11.5 Å². The predicted octanol–water partition coefficient (Wildman–Crippen LogP) is 13.6. The summed E-state index contributed by atoms with van der Waals surface area (Å²) in [6.07, 6.45) is 29.0. The number of nitrogens with two attached hydrogens (primary N) is 2. The molecule has 0 saturated carbocycles. The van der Waals surface area contributed by atoms with Gasteiger partial charge in [-0.25, -0.2) is 0 Å². The molecule has 0 aliphatic rings. The van der Waals surface area contributed by atoms with Crippen molar-refractivity contribution in [1.29, 1.82) is 0 Å². The quantitative estimate of drug-likeness (QED) is 0.0510. The Morgan fingerprint density at radius 3 is 0.980 bits per heavy atom. The van der Waals surface area contributed by atoms with E-state index >= 15 is 0 Å². The van der Waals surface area contributed by atoms with Gasteiger partial charge < -0.3 is 11.5 Å². The summed E-state index contributed by atoms with van der Waals surface area (Å²) in [5.41, 5.74) is 25.7. The lowest BCUT2D eigenvalue weighted by atomic mass is 9.97. The van der Waals surface area contributed by atoms with Gasteiger partial charge in [0.05, 0.1) is 0 Å². The number of unbranched alkanes of at least 4 members (excludes halogenated alkanes) is 14. The van der Waals surface area contributed by atoms with E-state index in [1.807, 2.05) is 0 Å². The molecule has 0 aliphatic heterocycles. The molecule has 2 heteroatoms. The van der Waals surface area contributed by atoms with Crippen LogP contribution in [-0.2, 0) is 38.5 Å². The van der Waals surface area contributed by atoms with Crippen LogP contribution in [0.25, 0.3) is 0 Å². The molecule has 0 fully saturated rings. The Morgan fingerprint density at radius 2 is 0.608 bits per heavy atom. The van der Waals surface area contributed by atoms with Gasteiger partial charge in [0, 0.05) is 11.4 Å². The third kappa shape index (κ3) is 15.7. The SMILES string of the molecule is CCCCCCCc1cc(Cc2ccc(CCCCCCCCCc3ccc(Cc4ccc(N)c(CCCCCCC)c4)cc3)cc2)ccc1N. The molecule has 0 atom stereocenters. The lowest BCUT2D eigenvalue weighted by molar-refractivity contribution is 0.579. The predicted molar refractivity (Wildman–Crippen MR) is 225 cm³/mol. The van der Waals surface area contributed by atoms with E-state index in [-0.39, 0.29) is 0 Å². The maximum Gasteiger partial charge on any atom is 0.0346 e. The van der Waals surface area contributed by atoms with Gasteiger partial charge in [-0.05, 0) is 121 Å². The molecule has 0 bridgehead atoms. The summed E-state index contributed by atoms with van der Waals surface area (Å²) in [6, 6.07) is 32.0. The Labute approximate surface area is 312 Å². The molecule has 0 saturated heterocycles. The molecule has 4 aromatic carbocycles. The van der Waals surface area contributed by atoms with E-state index in [2.05, 4.69) is 98.8 Å². The second kappa shape index (κ2) is 23.9. The largest absolute Gasteiger partial charge is 0.399 e. The van der Waals surface area contributed by atoms with Crippen molar-refractivity contribution in [3.05, 3.63) is 129 Å². The topological polar surface area (TPSA) is 52.0 Å². The fraction of sp³-hybridized carbons (Fsp3) is 0.510. The molecule has 0 unspecified atom stereocenters. The number of hydrogen-bond acceptors (Lipinski definition) is 2. The van der Waals surface area contributed by atoms with Crippen LogP contribution >= 0.6 is 0 Å². The van der Waals surface area contributed by atoms with Crippen molar-refractivity contribution in [2.45, 2.75) is 162 Å². The molecule has 276 valence electrons. The Kier molecular flexibility index (Phi) is 18.8. The van der Waals surface area contributed by atoms with Crippen molar-refractivity contribution in [3.63, 3.8) is 0 Å². The molecule has 4 aromatic rings. The van der Waals surface area contributed by atoms with Crippen molar-refractivity contribution < 1.29 is 0 Å². The lowest BCUT2D eigenvalue weighted by Crippen LogP contribution is -1.98. The molecule has 0 amide bonds. The number of hydrogen-bond donors (Lipinski definition) is 2. The van der Waals surface area contributed by atoms with Gasteiger partial charge in [-0.1, -0.05) is 170 Å². The summed E-state index contributed by atoms with van der Waals surface area (Å²) in [5, 5.41) is 0. The fourth-order valence-corrected chi connectivity index (χ4v) is 7.47. The number of aryl methyl sites for hydroxylation is 4. The van der Waals surface area contributed by atoms with Crippen LogP contribution in [0, 0.1) is 0 Å². The standard InChI is InChI=1S/C49H70N2/c1-3-5-7-12-18-22-46-38-44(32-34-48(46)50)36-42-28-24-40(25-29-42)20-16-14-10-9-11-15-17-21-41-26-30-43(31-27-41)37-45-33-35-49(51)47(39-45)23-19-13-8-6-4-2/h24-35,38-39H,3-23,36-37,50-51H2,1-2H3. The summed E-state index contributed by atoms with van der Waals surface area (Å²) >= 11 is 0. The summed E-state index contributed by atoms with van der Waals surface area (Å²) < 4.78 is 0. The number of benzene rings is 4. The Balaban J connectivity index is 1.04. The van der Waals surface area contributed by atoms with Gasteiger partial charge in [0.2, 0.25) is 0 Å². The second-order valence-corrected chi connectivity index (χ2v) is 15.4. The zero-order chi connectivity index (χ0) is 35.9. The first-order valence-corrected chi connectivity index (χ1v) is 20.9. The number of anilines is 2. The number of nitrogen functional groups attached to an aromatic ring is 2. The van der Waals surface area contributed by atoms with Gasteiger partial charge in [0.1, 0.15) is 0 Å². The van der Waals surface area contributed by atoms with Crippen molar-refractivity contribution in [1.82, 2.24) is 0 Å². The van der Waals surface area contributed by atoms with Crippen LogP contribution in [0.2, 0.25) is 0 Å². The van der Waals surface area contributed by atoms with Crippen LogP contribution in [0.1, 0.15) is 168 Å². The Bertz CT molecular complexity index is 1390. The third-order valence-electron chi connectivity index (χ3n) is 10.8. The van der Waals surface area contributed by atoms with Crippen molar-refractivity contribution >= 4 is 11.4 Å². The lowest BCUT2D eigenvalue weighted by Gasteiger charge is -2.10. The van der Waals surface area contributed by atoms with E-state index in [0.717, 1.165) is 37.1 Å². The molecule has 0 aromatic heterocycles. The monoisotopic (exact) mass is 687 g/mol. The molecule has 0 spiro atoms. The molecular formula is C49H70N2. The highest BCUT2D eigenvalue weighted by atomic mass is 14.6. The van der Waals surface area contributed by atoms with E-state index in [1.54, 1.807) is 0 Å². The first-order valence-electron chi connectivity index (χ1n) is 20.9. The summed E-state index contributed by atoms with van der Waals surface area (Å²) in [7, 11) is 0. The molecular weight excluding hydrogens is 617 g/mol. The minimum atomic E-state index is 0.953. The van der Waals surface area contributed by atoms with Gasteiger partial charge in [0.25, 0.3) is 0 Å². The molecule has 0 aliphatic carbocycles. The Morgan fingerprint density at radius 1 is 0.314 bits per heavy atom. The summed E-state index contributed by atoms with van der Waals surface area (Å²) in [5.74, 6) is 0. The highest BCUT2D eigenvalue weighted by Gasteiger charge is 2.06. The molecule has 2 nitrogen and oxygen atoms in total. The number of rotatable bonds is 26. The average Bonchev–Trinajstić information content (AvgIpc) is 3.14. The van der Waals surface area contributed by atoms with Gasteiger partial charge in [-0.3, -0.25) is 0 Å². The van der Waals surface area contributed by atoms with Crippen LogP contribution in [0.5, 0.6) is 0 Å². The van der Waals surface area contributed by atoms with Crippen LogP contribution < -0.4 is 11.5 Å². The van der Waals surface area contributed by atoms with E-state index in [9.17, 15) is 0 Å². The molecule has 0 heterocycles. The zero-order valence-electron chi connectivity index (χ0n) is 32.5. The van der Waals surface area contributed by atoms with Crippen molar-refractivity contribution in [2.24, 2.45) is 0 Å². The highest BCUT2D eigenvalue weighted by Crippen LogP contribution is 2.22. The van der Waals surface area contributed by atoms with E-state index in [1.165, 1.54) is 167 Å². The van der Waals surface area contributed by atoms with Gasteiger partial charge in [-0.15, -0.1) is 0 Å². The first-order chi connectivity index (χ1) is 25.0. The van der Waals surface area contributed by atoms with Crippen molar-refractivity contribution in [2.75, 3.05) is 11.5 Å². The minimum absolute atomic E-state index is 0.953. The molecule has 4 rings (SSSR count). The molecule has 0 radical (unpaired) electrons. The van der Waals surface area contributed by atoms with Crippen LogP contribution in [0.4, 0.5) is 11.4 Å². The van der Waals surface area contributed by atoms with Gasteiger partial charge in [-0.2, -0.15) is 0 Å². The maximum absolute atomic E-state index is 6.31. The van der Waals surface area contributed by atoms with Crippen molar-refractivity contribution in [3.8, 4) is 0 Å². The summed E-state index contributed by atoms with van der Waals surface area (Å²) in [4.78, 5) is 0. The minimum Gasteiger partial charge on any atom is -0.399 e.